The maximum atomic E-state index is 11.1. The smallest absolute Gasteiger partial charge is 0.336 e. The Hall–Kier alpha value is -0.550. The van der Waals surface area contributed by atoms with Gasteiger partial charge in [-0.2, -0.15) is 0 Å². The van der Waals surface area contributed by atoms with E-state index in [9.17, 15) is 4.79 Å². The van der Waals surface area contributed by atoms with Crippen LogP contribution in [-0.4, -0.2) is 35.7 Å². The number of carbonyl (C=O) groups is 1. The van der Waals surface area contributed by atoms with E-state index in [1.54, 1.807) is 13.8 Å². The Balaban J connectivity index is 3.80. The molecule has 0 aromatic rings. The van der Waals surface area contributed by atoms with Crippen LogP contribution in [0.4, 0.5) is 0 Å². The third-order valence-corrected chi connectivity index (χ3v) is 1.56. The van der Waals surface area contributed by atoms with Gasteiger partial charge in [-0.05, 0) is 13.8 Å². The van der Waals surface area contributed by atoms with Crippen molar-refractivity contribution < 1.29 is 19.4 Å². The van der Waals surface area contributed by atoms with Gasteiger partial charge < -0.3 is 14.6 Å². The van der Waals surface area contributed by atoms with Gasteiger partial charge in [0.15, 0.2) is 0 Å². The highest BCUT2D eigenvalue weighted by Crippen LogP contribution is 1.98. The number of aliphatic hydroxyl groups is 1. The SMILES string of the molecule is CC(=COCCBr)C(=O)OCC(C)O. The zero-order valence-electron chi connectivity index (χ0n) is 8.33. The lowest BCUT2D eigenvalue weighted by Crippen LogP contribution is -2.15. The van der Waals surface area contributed by atoms with Crippen molar-refractivity contribution in [3.8, 4) is 0 Å². The molecule has 0 aromatic carbocycles. The first-order chi connectivity index (χ1) is 6.57. The number of ether oxygens (including phenoxy) is 2. The monoisotopic (exact) mass is 266 g/mol. The molecule has 0 spiro atoms. The van der Waals surface area contributed by atoms with Gasteiger partial charge in [-0.15, -0.1) is 0 Å². The fraction of sp³-hybridized carbons (Fsp3) is 0.667. The Morgan fingerprint density at radius 3 is 2.79 bits per heavy atom. The molecule has 0 saturated carbocycles. The van der Waals surface area contributed by atoms with Crippen LogP contribution in [0.5, 0.6) is 0 Å². The summed E-state index contributed by atoms with van der Waals surface area (Å²) < 4.78 is 9.75. The maximum absolute atomic E-state index is 11.1. The van der Waals surface area contributed by atoms with Crippen LogP contribution in [0.1, 0.15) is 13.8 Å². The van der Waals surface area contributed by atoms with E-state index in [0.29, 0.717) is 17.5 Å². The molecule has 0 saturated heterocycles. The molecule has 0 fully saturated rings. The number of alkyl halides is 1. The van der Waals surface area contributed by atoms with Crippen LogP contribution in [0.2, 0.25) is 0 Å². The van der Waals surface area contributed by atoms with Crippen molar-refractivity contribution in [2.45, 2.75) is 20.0 Å². The Bertz CT molecular complexity index is 201. The Morgan fingerprint density at radius 1 is 1.64 bits per heavy atom. The second kappa shape index (κ2) is 7.82. The lowest BCUT2D eigenvalue weighted by molar-refractivity contribution is -0.141. The molecule has 4 nitrogen and oxygen atoms in total. The van der Waals surface area contributed by atoms with Gasteiger partial charge in [0.25, 0.3) is 0 Å². The first-order valence-corrected chi connectivity index (χ1v) is 5.39. The first-order valence-electron chi connectivity index (χ1n) is 4.27. The fourth-order valence-corrected chi connectivity index (χ4v) is 0.774. The van der Waals surface area contributed by atoms with Gasteiger partial charge in [-0.25, -0.2) is 4.79 Å². The third kappa shape index (κ3) is 6.91. The summed E-state index contributed by atoms with van der Waals surface area (Å²) in [6.07, 6.45) is 0.709. The molecule has 0 aliphatic carbocycles. The van der Waals surface area contributed by atoms with Crippen LogP contribution < -0.4 is 0 Å². The molecule has 0 aliphatic heterocycles. The summed E-state index contributed by atoms with van der Waals surface area (Å²) in [5.74, 6) is -0.472. The predicted octanol–water partition coefficient (Wildman–Crippen LogP) is 1.23. The quantitative estimate of drug-likeness (QED) is 0.258. The highest BCUT2D eigenvalue weighted by molar-refractivity contribution is 9.09. The molecule has 0 radical (unpaired) electrons. The van der Waals surface area contributed by atoms with Crippen LogP contribution in [0.25, 0.3) is 0 Å². The van der Waals surface area contributed by atoms with Gasteiger partial charge in [0.05, 0.1) is 24.5 Å². The van der Waals surface area contributed by atoms with Gasteiger partial charge in [0.1, 0.15) is 6.61 Å². The first kappa shape index (κ1) is 13.4. The minimum Gasteiger partial charge on any atom is -0.500 e. The Morgan fingerprint density at radius 2 is 2.29 bits per heavy atom. The van der Waals surface area contributed by atoms with Crippen molar-refractivity contribution in [2.24, 2.45) is 0 Å². The average molecular weight is 267 g/mol. The lowest BCUT2D eigenvalue weighted by Gasteiger charge is -2.06. The topological polar surface area (TPSA) is 55.8 Å². The molecule has 5 heteroatoms. The van der Waals surface area contributed by atoms with Crippen molar-refractivity contribution in [1.82, 2.24) is 0 Å². The highest BCUT2D eigenvalue weighted by Gasteiger charge is 2.07. The van der Waals surface area contributed by atoms with Gasteiger partial charge in [-0.1, -0.05) is 15.9 Å². The Kier molecular flexibility index (Phi) is 7.51. The minimum atomic E-state index is -0.643. The molecule has 0 amide bonds. The summed E-state index contributed by atoms with van der Waals surface area (Å²) in [4.78, 5) is 11.1. The molecular weight excluding hydrogens is 252 g/mol. The van der Waals surface area contributed by atoms with E-state index in [-0.39, 0.29) is 6.61 Å². The summed E-state index contributed by atoms with van der Waals surface area (Å²) >= 11 is 3.18. The lowest BCUT2D eigenvalue weighted by atomic mass is 10.3. The third-order valence-electron chi connectivity index (χ3n) is 1.23. The molecule has 0 heterocycles. The number of rotatable bonds is 6. The van der Waals surface area contributed by atoms with E-state index in [1.165, 1.54) is 6.26 Å². The van der Waals surface area contributed by atoms with E-state index in [4.69, 9.17) is 14.6 Å². The second-order valence-corrected chi connectivity index (χ2v) is 3.60. The molecule has 0 rings (SSSR count). The molecule has 0 aromatic heterocycles. The summed E-state index contributed by atoms with van der Waals surface area (Å²) in [5.41, 5.74) is 0.381. The molecule has 1 atom stereocenters. The number of esters is 1. The highest BCUT2D eigenvalue weighted by atomic mass is 79.9. The van der Waals surface area contributed by atoms with E-state index in [2.05, 4.69) is 15.9 Å². The fourth-order valence-electron chi connectivity index (χ4n) is 0.587. The van der Waals surface area contributed by atoms with Gasteiger partial charge in [-0.3, -0.25) is 0 Å². The van der Waals surface area contributed by atoms with Crippen LogP contribution >= 0.6 is 15.9 Å². The largest absolute Gasteiger partial charge is 0.500 e. The van der Waals surface area contributed by atoms with Crippen molar-refractivity contribution in [3.05, 3.63) is 11.8 Å². The number of hydrogen-bond donors (Lipinski definition) is 1. The van der Waals surface area contributed by atoms with Crippen LogP contribution in [-0.2, 0) is 14.3 Å². The second-order valence-electron chi connectivity index (χ2n) is 2.81. The molecule has 0 bridgehead atoms. The van der Waals surface area contributed by atoms with Gasteiger partial charge in [0.2, 0.25) is 0 Å². The standard InChI is InChI=1S/C9H15BrO4/c1-7(5-13-4-3-10)9(12)14-6-8(2)11/h5,8,11H,3-4,6H2,1-2H3. The van der Waals surface area contributed by atoms with E-state index in [1.807, 2.05) is 0 Å². The van der Waals surface area contributed by atoms with E-state index >= 15 is 0 Å². The van der Waals surface area contributed by atoms with E-state index in [0.717, 1.165) is 0 Å². The number of carbonyl (C=O) groups excluding carboxylic acids is 1. The zero-order valence-corrected chi connectivity index (χ0v) is 9.91. The normalized spacial score (nSPS) is 13.6. The van der Waals surface area contributed by atoms with Gasteiger partial charge in [0, 0.05) is 5.33 Å². The van der Waals surface area contributed by atoms with Crippen molar-refractivity contribution in [2.75, 3.05) is 18.5 Å². The molecule has 1 unspecified atom stereocenters. The van der Waals surface area contributed by atoms with Crippen molar-refractivity contribution in [3.63, 3.8) is 0 Å². The zero-order chi connectivity index (χ0) is 11.0. The van der Waals surface area contributed by atoms with Crippen LogP contribution in [0.3, 0.4) is 0 Å². The number of aliphatic hydroxyl groups excluding tert-OH is 1. The predicted molar refractivity (Wildman–Crippen MR) is 56.1 cm³/mol. The molecule has 0 aliphatic rings. The number of halogens is 1. The summed E-state index contributed by atoms with van der Waals surface area (Å²) in [7, 11) is 0. The van der Waals surface area contributed by atoms with E-state index < -0.39 is 12.1 Å². The summed E-state index contributed by atoms with van der Waals surface area (Å²) in [6.45, 7) is 3.65. The molecule has 14 heavy (non-hydrogen) atoms. The molecular formula is C9H15BrO4. The summed E-state index contributed by atoms with van der Waals surface area (Å²) in [5, 5.41) is 9.57. The van der Waals surface area contributed by atoms with Crippen LogP contribution in [0.15, 0.2) is 11.8 Å². The average Bonchev–Trinajstić information content (AvgIpc) is 2.14. The minimum absolute atomic E-state index is 0.00244. The summed E-state index contributed by atoms with van der Waals surface area (Å²) in [6, 6.07) is 0. The maximum Gasteiger partial charge on any atom is 0.336 e. The number of hydrogen-bond acceptors (Lipinski definition) is 4. The van der Waals surface area contributed by atoms with Gasteiger partial charge >= 0.3 is 5.97 Å². The molecule has 82 valence electrons. The Labute approximate surface area is 92.0 Å². The van der Waals surface area contributed by atoms with Crippen molar-refractivity contribution >= 4 is 21.9 Å². The van der Waals surface area contributed by atoms with Crippen LogP contribution in [0, 0.1) is 0 Å². The molecule has 1 N–H and O–H groups in total. The van der Waals surface area contributed by atoms with Crippen molar-refractivity contribution in [1.29, 1.82) is 0 Å².